The summed E-state index contributed by atoms with van der Waals surface area (Å²) in [6.07, 6.45) is -4.58. The summed E-state index contributed by atoms with van der Waals surface area (Å²) in [5.41, 5.74) is -0.867. The van der Waals surface area contributed by atoms with Gasteiger partial charge in [-0.2, -0.15) is 13.2 Å². The number of benzene rings is 2. The summed E-state index contributed by atoms with van der Waals surface area (Å²) in [5.74, 6) is -0.259. The molecule has 0 unspecified atom stereocenters. The minimum atomic E-state index is -4.58. The third kappa shape index (κ3) is 6.01. The quantitative estimate of drug-likeness (QED) is 0.640. The molecule has 1 fully saturated rings. The lowest BCUT2D eigenvalue weighted by atomic mass is 10.1. The van der Waals surface area contributed by atoms with Crippen LogP contribution in [0.4, 0.5) is 18.9 Å². The first-order valence-corrected chi connectivity index (χ1v) is 10.8. The molecule has 0 aliphatic carbocycles. The Morgan fingerprint density at radius 3 is 2.40 bits per heavy atom. The Hall–Kier alpha value is -3.80. The molecule has 2 aromatic rings. The number of alkyl halides is 3. The molecule has 2 aromatic carbocycles. The molecular weight excluding hydrogens is 469 g/mol. The van der Waals surface area contributed by atoms with E-state index in [1.165, 1.54) is 18.2 Å². The Kier molecular flexibility index (Phi) is 7.10. The maximum atomic E-state index is 13.1. The van der Waals surface area contributed by atoms with Crippen molar-refractivity contribution >= 4 is 23.4 Å². The zero-order valence-electron chi connectivity index (χ0n) is 18.6. The van der Waals surface area contributed by atoms with E-state index >= 15 is 0 Å². The van der Waals surface area contributed by atoms with Crippen molar-refractivity contribution in [2.45, 2.75) is 6.18 Å². The van der Waals surface area contributed by atoms with Gasteiger partial charge in [-0.25, -0.2) is 0 Å². The van der Waals surface area contributed by atoms with Crippen molar-refractivity contribution in [3.63, 3.8) is 0 Å². The van der Waals surface area contributed by atoms with E-state index in [0.29, 0.717) is 43.2 Å². The number of carbonyl (C=O) groups excluding carboxylic acids is 3. The number of carbonyl (C=O) groups is 3. The van der Waals surface area contributed by atoms with Gasteiger partial charge in [0, 0.05) is 31.7 Å². The van der Waals surface area contributed by atoms with Crippen molar-refractivity contribution in [2.24, 2.45) is 0 Å². The number of piperazine rings is 1. The highest BCUT2D eigenvalue weighted by molar-refractivity contribution is 5.97. The highest BCUT2D eigenvalue weighted by Crippen LogP contribution is 2.34. The molecule has 0 bridgehead atoms. The molecule has 2 N–H and O–H groups in total. The molecule has 0 spiro atoms. The number of amides is 3. The van der Waals surface area contributed by atoms with Crippen LogP contribution in [0.2, 0.25) is 0 Å². The minimum absolute atomic E-state index is 0.0907. The molecule has 3 amide bonds. The predicted octanol–water partition coefficient (Wildman–Crippen LogP) is 1.95. The Morgan fingerprint density at radius 1 is 0.943 bits per heavy atom. The molecule has 0 atom stereocenters. The van der Waals surface area contributed by atoms with Crippen LogP contribution >= 0.6 is 0 Å². The van der Waals surface area contributed by atoms with Crippen LogP contribution in [0.25, 0.3) is 0 Å². The van der Waals surface area contributed by atoms with E-state index < -0.39 is 23.6 Å². The monoisotopic (exact) mass is 492 g/mol. The summed E-state index contributed by atoms with van der Waals surface area (Å²) in [4.78, 5) is 40.4. The zero-order chi connectivity index (χ0) is 25.0. The number of anilines is 1. The molecule has 35 heavy (non-hydrogen) atoms. The third-order valence-corrected chi connectivity index (χ3v) is 5.63. The largest absolute Gasteiger partial charge is 0.454 e. The second-order valence-electron chi connectivity index (χ2n) is 8.00. The van der Waals surface area contributed by atoms with Crippen molar-refractivity contribution in [2.75, 3.05) is 51.4 Å². The van der Waals surface area contributed by atoms with Gasteiger partial charge in [0.25, 0.3) is 5.91 Å². The third-order valence-electron chi connectivity index (χ3n) is 5.63. The van der Waals surface area contributed by atoms with Crippen LogP contribution < -0.4 is 20.1 Å². The van der Waals surface area contributed by atoms with Crippen molar-refractivity contribution in [3.8, 4) is 11.5 Å². The topological polar surface area (TPSA) is 100 Å². The first kappa shape index (κ1) is 24.3. The molecule has 4 rings (SSSR count). The standard InChI is InChI=1S/C23H23F3N4O5/c24-23(25,26)16-3-1-2-4-17(16)28-20(31)13-29-7-9-30(10-8-29)21(32)12-27-22(33)15-5-6-18-19(11-15)35-14-34-18/h1-6,11H,7-10,12-14H2,(H,27,33)(H,28,31). The van der Waals surface area contributed by atoms with E-state index in [1.54, 1.807) is 28.0 Å². The average molecular weight is 492 g/mol. The summed E-state index contributed by atoms with van der Waals surface area (Å²) < 4.78 is 49.7. The van der Waals surface area contributed by atoms with Crippen LogP contribution in [0.15, 0.2) is 42.5 Å². The van der Waals surface area contributed by atoms with Gasteiger partial charge in [0.1, 0.15) is 0 Å². The molecule has 9 nitrogen and oxygen atoms in total. The van der Waals surface area contributed by atoms with Gasteiger partial charge in [0.15, 0.2) is 11.5 Å². The van der Waals surface area contributed by atoms with Gasteiger partial charge in [-0.1, -0.05) is 12.1 Å². The fourth-order valence-electron chi connectivity index (χ4n) is 3.80. The maximum Gasteiger partial charge on any atom is 0.418 e. The van der Waals surface area contributed by atoms with Crippen molar-refractivity contribution < 1.29 is 37.0 Å². The maximum absolute atomic E-state index is 13.1. The van der Waals surface area contributed by atoms with Gasteiger partial charge in [0.05, 0.1) is 24.3 Å². The van der Waals surface area contributed by atoms with Crippen molar-refractivity contribution in [1.29, 1.82) is 0 Å². The molecular formula is C23H23F3N4O5. The number of halogens is 3. The van der Waals surface area contributed by atoms with Crippen LogP contribution in [0, 0.1) is 0 Å². The summed E-state index contributed by atoms with van der Waals surface area (Å²) >= 11 is 0. The van der Waals surface area contributed by atoms with E-state index in [-0.39, 0.29) is 31.5 Å². The lowest BCUT2D eigenvalue weighted by molar-refractivity contribution is -0.137. The van der Waals surface area contributed by atoms with Crippen LogP contribution in [-0.2, 0) is 15.8 Å². The minimum Gasteiger partial charge on any atom is -0.454 e. The summed E-state index contributed by atoms with van der Waals surface area (Å²) in [7, 11) is 0. The Bertz CT molecular complexity index is 1120. The van der Waals surface area contributed by atoms with Gasteiger partial charge in [0.2, 0.25) is 18.6 Å². The van der Waals surface area contributed by atoms with Crippen LogP contribution in [0.3, 0.4) is 0 Å². The van der Waals surface area contributed by atoms with Gasteiger partial charge in [-0.3, -0.25) is 19.3 Å². The number of nitrogens with one attached hydrogen (secondary N) is 2. The van der Waals surface area contributed by atoms with Crippen LogP contribution in [-0.4, -0.2) is 73.6 Å². The fraction of sp³-hybridized carbons (Fsp3) is 0.348. The molecule has 186 valence electrons. The smallest absolute Gasteiger partial charge is 0.418 e. The van der Waals surface area contributed by atoms with Crippen LogP contribution in [0.1, 0.15) is 15.9 Å². The molecule has 0 saturated carbocycles. The molecule has 2 aliphatic rings. The zero-order valence-corrected chi connectivity index (χ0v) is 18.6. The molecule has 12 heteroatoms. The fourth-order valence-corrected chi connectivity index (χ4v) is 3.80. The highest BCUT2D eigenvalue weighted by atomic mass is 19.4. The van der Waals surface area contributed by atoms with Gasteiger partial charge < -0.3 is 25.0 Å². The lowest BCUT2D eigenvalue weighted by Gasteiger charge is -2.34. The van der Waals surface area contributed by atoms with Crippen LogP contribution in [0.5, 0.6) is 11.5 Å². The number of fused-ring (bicyclic) bond motifs is 1. The Morgan fingerprint density at radius 2 is 1.66 bits per heavy atom. The van der Waals surface area contributed by atoms with Crippen molar-refractivity contribution in [1.82, 2.24) is 15.1 Å². The van der Waals surface area contributed by atoms with E-state index in [2.05, 4.69) is 10.6 Å². The Labute approximate surface area is 198 Å². The summed E-state index contributed by atoms with van der Waals surface area (Å²) in [6, 6.07) is 9.52. The average Bonchev–Trinajstić information content (AvgIpc) is 3.30. The molecule has 2 heterocycles. The molecule has 2 aliphatic heterocycles. The predicted molar refractivity (Wildman–Crippen MR) is 118 cm³/mol. The number of para-hydroxylation sites is 1. The van der Waals surface area contributed by atoms with Gasteiger partial charge in [-0.15, -0.1) is 0 Å². The van der Waals surface area contributed by atoms with Crippen molar-refractivity contribution in [3.05, 3.63) is 53.6 Å². The van der Waals surface area contributed by atoms with E-state index in [4.69, 9.17) is 9.47 Å². The SMILES string of the molecule is O=C(CN1CCN(C(=O)CNC(=O)c2ccc3c(c2)OCO3)CC1)Nc1ccccc1C(F)(F)F. The summed E-state index contributed by atoms with van der Waals surface area (Å²) in [6.45, 7) is 1.19. The first-order chi connectivity index (χ1) is 16.7. The lowest BCUT2D eigenvalue weighted by Crippen LogP contribution is -2.52. The molecule has 1 saturated heterocycles. The van der Waals surface area contributed by atoms with Gasteiger partial charge >= 0.3 is 6.18 Å². The molecule has 0 radical (unpaired) electrons. The number of nitrogens with zero attached hydrogens (tertiary/aromatic N) is 2. The second kappa shape index (κ2) is 10.2. The number of rotatable bonds is 6. The second-order valence-corrected chi connectivity index (χ2v) is 8.00. The van der Waals surface area contributed by atoms with E-state index in [0.717, 1.165) is 6.07 Å². The summed E-state index contributed by atoms with van der Waals surface area (Å²) in [5, 5.41) is 4.90. The first-order valence-electron chi connectivity index (χ1n) is 10.8. The highest BCUT2D eigenvalue weighted by Gasteiger charge is 2.33. The number of hydrogen-bond acceptors (Lipinski definition) is 6. The Balaban J connectivity index is 1.21. The molecule has 0 aromatic heterocycles. The van der Waals surface area contributed by atoms with Gasteiger partial charge in [-0.05, 0) is 30.3 Å². The van der Waals surface area contributed by atoms with E-state index in [9.17, 15) is 27.6 Å². The number of ether oxygens (including phenoxy) is 2. The van der Waals surface area contributed by atoms with E-state index in [1.807, 2.05) is 0 Å². The number of hydrogen-bond donors (Lipinski definition) is 2. The normalized spacial score (nSPS) is 15.6.